The van der Waals surface area contributed by atoms with Crippen LogP contribution >= 0.6 is 11.3 Å². The molecule has 0 amide bonds. The van der Waals surface area contributed by atoms with Crippen molar-refractivity contribution >= 4 is 45.6 Å². The van der Waals surface area contributed by atoms with Crippen LogP contribution in [0, 0.1) is 18.8 Å². The average molecular weight is 548 g/mol. The number of anilines is 2. The van der Waals surface area contributed by atoms with Crippen LogP contribution in [0.1, 0.15) is 28.0 Å². The molecule has 2 heterocycles. The lowest BCUT2D eigenvalue weighted by Crippen LogP contribution is -2.34. The van der Waals surface area contributed by atoms with Gasteiger partial charge in [0.25, 0.3) is 0 Å². The zero-order chi connectivity index (χ0) is 27.5. The second-order valence-corrected chi connectivity index (χ2v) is 10.6. The van der Waals surface area contributed by atoms with Crippen LogP contribution in [-0.2, 0) is 16.1 Å². The van der Waals surface area contributed by atoms with Gasteiger partial charge in [-0.25, -0.2) is 14.8 Å². The number of nitrogens with one attached hydrogen (secondary N) is 2. The maximum Gasteiger partial charge on any atom is 0.335 e. The number of aryl methyl sites for hydroxylation is 1. The Kier molecular flexibility index (Phi) is 7.82. The lowest BCUT2D eigenvalue weighted by molar-refractivity contribution is -0.115. The monoisotopic (exact) mass is 547 g/mol. The van der Waals surface area contributed by atoms with Crippen LogP contribution in [0.15, 0.2) is 48.5 Å². The van der Waals surface area contributed by atoms with Crippen LogP contribution in [0.5, 0.6) is 0 Å². The largest absolute Gasteiger partial charge is 0.478 e. The number of carbonyl (C=O) groups excluding carboxylic acids is 1. The molecule has 1 aliphatic carbocycles. The number of aromatic carboxylic acids is 1. The molecule has 11 heteroatoms. The minimum atomic E-state index is -0.992. The topological polar surface area (TPSA) is 147 Å². The lowest BCUT2D eigenvalue weighted by Gasteiger charge is -2.25. The van der Waals surface area contributed by atoms with Crippen molar-refractivity contribution in [2.24, 2.45) is 11.8 Å². The summed E-state index contributed by atoms with van der Waals surface area (Å²) in [6.07, 6.45) is 0.967. The van der Waals surface area contributed by atoms with E-state index in [0.717, 1.165) is 32.6 Å². The summed E-state index contributed by atoms with van der Waals surface area (Å²) >= 11 is 1.54. The first kappa shape index (κ1) is 26.7. The van der Waals surface area contributed by atoms with Gasteiger partial charge >= 0.3 is 5.97 Å². The van der Waals surface area contributed by atoms with E-state index in [4.69, 9.17) is 14.7 Å². The first-order valence-electron chi connectivity index (χ1n) is 12.6. The van der Waals surface area contributed by atoms with Crippen molar-refractivity contribution in [1.29, 1.82) is 0 Å². The number of carbonyl (C=O) groups is 2. The number of para-hydroxylation sites is 1. The molecule has 0 radical (unpaired) electrons. The quantitative estimate of drug-likeness (QED) is 0.215. The molecule has 2 aromatic heterocycles. The third-order valence-corrected chi connectivity index (χ3v) is 8.14. The van der Waals surface area contributed by atoms with Gasteiger partial charge in [-0.1, -0.05) is 24.3 Å². The standard InChI is InChI=1S/C28H29N5O5S/c1-15-23(26-32-20-8-3-4-9-22(20)39-26)25(31-21-11-18(13-34)24(38-2)19(21)14-35)33-28(30-15)29-12-16-6-5-7-17(10-16)27(36)37/h3-10,13,18-19,21,24,35H,11-12,14H2,1-2H3,(H,36,37)(H2,29,30,31,33). The van der Waals surface area contributed by atoms with E-state index in [1.165, 1.54) is 11.3 Å². The van der Waals surface area contributed by atoms with Gasteiger partial charge in [-0.15, -0.1) is 11.3 Å². The van der Waals surface area contributed by atoms with E-state index in [2.05, 4.69) is 15.6 Å². The zero-order valence-electron chi connectivity index (χ0n) is 21.5. The van der Waals surface area contributed by atoms with Crippen molar-refractivity contribution in [3.05, 3.63) is 65.4 Å². The number of ether oxygens (including phenoxy) is 1. The molecule has 4 aromatic rings. The number of thiazole rings is 1. The minimum absolute atomic E-state index is 0.147. The SMILES string of the molecule is COC1C(C=O)CC(Nc2nc(NCc3cccc(C(=O)O)c3)nc(C)c2-c2nc3ccccc3s2)C1CO. The van der Waals surface area contributed by atoms with Crippen LogP contribution in [0.3, 0.4) is 0 Å². The summed E-state index contributed by atoms with van der Waals surface area (Å²) in [6, 6.07) is 14.3. The molecule has 39 heavy (non-hydrogen) atoms. The molecular weight excluding hydrogens is 518 g/mol. The van der Waals surface area contributed by atoms with E-state index in [-0.39, 0.29) is 30.0 Å². The average Bonchev–Trinajstić information content (AvgIpc) is 3.52. The van der Waals surface area contributed by atoms with Crippen LogP contribution in [-0.4, -0.2) is 63.3 Å². The highest BCUT2D eigenvalue weighted by molar-refractivity contribution is 7.21. The number of nitrogens with zero attached hydrogens (tertiary/aromatic N) is 3. The second-order valence-electron chi connectivity index (χ2n) is 9.54. The molecule has 0 spiro atoms. The molecular formula is C28H29N5O5S. The number of carboxylic acids is 1. The molecule has 10 nitrogen and oxygen atoms in total. The van der Waals surface area contributed by atoms with Gasteiger partial charge in [0.2, 0.25) is 5.95 Å². The van der Waals surface area contributed by atoms with E-state index in [1.54, 1.807) is 25.3 Å². The minimum Gasteiger partial charge on any atom is -0.478 e. The molecule has 5 rings (SSSR count). The van der Waals surface area contributed by atoms with E-state index in [1.807, 2.05) is 37.3 Å². The van der Waals surface area contributed by atoms with Gasteiger partial charge in [-0.2, -0.15) is 4.98 Å². The Morgan fingerprint density at radius 1 is 1.18 bits per heavy atom. The Morgan fingerprint density at radius 2 is 2.00 bits per heavy atom. The van der Waals surface area contributed by atoms with Crippen molar-refractivity contribution in [2.45, 2.75) is 32.0 Å². The molecule has 1 fully saturated rings. The summed E-state index contributed by atoms with van der Waals surface area (Å²) in [5, 5.41) is 26.9. The lowest BCUT2D eigenvalue weighted by atomic mass is 10.0. The maximum atomic E-state index is 11.7. The molecule has 4 unspecified atom stereocenters. The van der Waals surface area contributed by atoms with Gasteiger partial charge in [0, 0.05) is 31.5 Å². The number of aliphatic hydroxyl groups is 1. The zero-order valence-corrected chi connectivity index (χ0v) is 22.3. The van der Waals surface area contributed by atoms with Crippen LogP contribution in [0.25, 0.3) is 20.8 Å². The first-order valence-corrected chi connectivity index (χ1v) is 13.4. The smallest absolute Gasteiger partial charge is 0.335 e. The summed E-state index contributed by atoms with van der Waals surface area (Å²) < 4.78 is 6.61. The summed E-state index contributed by atoms with van der Waals surface area (Å²) in [5.41, 5.74) is 3.29. The van der Waals surface area contributed by atoms with E-state index in [9.17, 15) is 19.8 Å². The highest BCUT2D eigenvalue weighted by atomic mass is 32.1. The van der Waals surface area contributed by atoms with Gasteiger partial charge in [0.15, 0.2) is 0 Å². The number of hydrogen-bond donors (Lipinski definition) is 4. The van der Waals surface area contributed by atoms with Gasteiger partial charge in [-0.3, -0.25) is 0 Å². The predicted octanol–water partition coefficient (Wildman–Crippen LogP) is 3.99. The third kappa shape index (κ3) is 5.47. The van der Waals surface area contributed by atoms with Crippen LogP contribution < -0.4 is 10.6 Å². The van der Waals surface area contributed by atoms with Crippen molar-refractivity contribution < 1.29 is 24.5 Å². The fourth-order valence-corrected chi connectivity index (χ4v) is 6.25. The number of fused-ring (bicyclic) bond motifs is 1. The van der Waals surface area contributed by atoms with Gasteiger partial charge in [0.05, 0.1) is 39.7 Å². The Morgan fingerprint density at radius 3 is 2.72 bits per heavy atom. The Bertz CT molecular complexity index is 1480. The van der Waals surface area contributed by atoms with E-state index >= 15 is 0 Å². The third-order valence-electron chi connectivity index (χ3n) is 7.09. The normalized spacial score (nSPS) is 20.7. The highest BCUT2D eigenvalue weighted by Crippen LogP contribution is 2.39. The van der Waals surface area contributed by atoms with E-state index in [0.29, 0.717) is 30.4 Å². The molecule has 0 saturated heterocycles. The number of aldehydes is 1. The predicted molar refractivity (Wildman–Crippen MR) is 149 cm³/mol. The summed E-state index contributed by atoms with van der Waals surface area (Å²) in [7, 11) is 1.55. The van der Waals surface area contributed by atoms with Gasteiger partial charge in [0.1, 0.15) is 17.1 Å². The van der Waals surface area contributed by atoms with Crippen LogP contribution in [0.4, 0.5) is 11.8 Å². The Hall–Kier alpha value is -3.93. The van der Waals surface area contributed by atoms with Crippen molar-refractivity contribution in [3.63, 3.8) is 0 Å². The summed E-state index contributed by atoms with van der Waals surface area (Å²) in [6.45, 7) is 2.06. The van der Waals surface area contributed by atoms with Gasteiger partial charge < -0.3 is 30.4 Å². The second kappa shape index (κ2) is 11.4. The number of aromatic nitrogens is 3. The van der Waals surface area contributed by atoms with Crippen molar-refractivity contribution in [2.75, 3.05) is 24.4 Å². The number of aliphatic hydroxyl groups excluding tert-OH is 1. The molecule has 1 aliphatic rings. The molecule has 0 bridgehead atoms. The first-order chi connectivity index (χ1) is 18.9. The molecule has 4 N–H and O–H groups in total. The maximum absolute atomic E-state index is 11.7. The number of benzene rings is 2. The summed E-state index contributed by atoms with van der Waals surface area (Å²) in [4.78, 5) is 37.4. The number of hydrogen-bond acceptors (Lipinski definition) is 10. The number of rotatable bonds is 10. The fraction of sp³-hybridized carbons (Fsp3) is 0.321. The molecule has 202 valence electrons. The van der Waals surface area contributed by atoms with Crippen LogP contribution in [0.2, 0.25) is 0 Å². The van der Waals surface area contributed by atoms with E-state index < -0.39 is 12.1 Å². The number of carboxylic acid groups (broad SMARTS) is 1. The summed E-state index contributed by atoms with van der Waals surface area (Å²) in [5.74, 6) is -0.757. The van der Waals surface area contributed by atoms with Crippen molar-refractivity contribution in [3.8, 4) is 10.6 Å². The van der Waals surface area contributed by atoms with Crippen molar-refractivity contribution in [1.82, 2.24) is 15.0 Å². The highest BCUT2D eigenvalue weighted by Gasteiger charge is 2.43. The molecule has 2 aromatic carbocycles. The molecule has 4 atom stereocenters. The fourth-order valence-electron chi connectivity index (χ4n) is 5.19. The Labute approximate surface area is 229 Å². The molecule has 1 saturated carbocycles. The molecule has 0 aliphatic heterocycles. The van der Waals surface area contributed by atoms with Gasteiger partial charge in [-0.05, 0) is 43.2 Å². The number of methoxy groups -OCH3 is 1. The Balaban J connectivity index is 1.51.